The van der Waals surface area contributed by atoms with Crippen molar-refractivity contribution in [1.82, 2.24) is 0 Å². The highest BCUT2D eigenvalue weighted by Gasteiger charge is 2.22. The minimum absolute atomic E-state index is 0.0536. The van der Waals surface area contributed by atoms with Crippen LogP contribution in [-0.2, 0) is 6.42 Å². The van der Waals surface area contributed by atoms with Crippen LogP contribution in [0.15, 0.2) is 28.7 Å². The Morgan fingerprint density at radius 2 is 1.81 bits per heavy atom. The molecule has 1 heterocycles. The third-order valence-corrected chi connectivity index (χ3v) is 4.35. The van der Waals surface area contributed by atoms with Gasteiger partial charge in [0, 0.05) is 17.6 Å². The van der Waals surface area contributed by atoms with Gasteiger partial charge in [0.2, 0.25) is 5.75 Å². The van der Waals surface area contributed by atoms with Gasteiger partial charge in [0.15, 0.2) is 29.1 Å². The molecule has 0 bridgehead atoms. The number of aldehydes is 1. The van der Waals surface area contributed by atoms with Crippen LogP contribution in [0.25, 0.3) is 22.3 Å². The number of aliphatic hydroxyl groups excluding tert-OH is 1. The van der Waals surface area contributed by atoms with Gasteiger partial charge in [-0.3, -0.25) is 4.79 Å². The number of furan rings is 1. The summed E-state index contributed by atoms with van der Waals surface area (Å²) in [5.41, 5.74) is 1.96. The smallest absolute Gasteiger partial charge is 0.200 e. The van der Waals surface area contributed by atoms with Gasteiger partial charge in [-0.05, 0) is 42.7 Å². The first kappa shape index (κ1) is 18.6. The second-order valence-electron chi connectivity index (χ2n) is 6.01. The molecule has 0 fully saturated rings. The van der Waals surface area contributed by atoms with E-state index in [1.807, 2.05) is 6.07 Å². The number of aryl methyl sites for hydroxylation is 1. The van der Waals surface area contributed by atoms with E-state index >= 15 is 0 Å². The van der Waals surface area contributed by atoms with Gasteiger partial charge >= 0.3 is 0 Å². The highest BCUT2D eigenvalue weighted by atomic mass is 16.5. The van der Waals surface area contributed by atoms with E-state index in [4.69, 9.17) is 19.0 Å². The average molecular weight is 372 g/mol. The molecule has 1 aromatic heterocycles. The van der Waals surface area contributed by atoms with Crippen molar-refractivity contribution >= 4 is 17.3 Å². The summed E-state index contributed by atoms with van der Waals surface area (Å²) in [6.45, 7) is 0.0596. The minimum Gasteiger partial charge on any atom is -0.504 e. The number of phenols is 2. The van der Waals surface area contributed by atoms with Crippen LogP contribution >= 0.6 is 0 Å². The van der Waals surface area contributed by atoms with Crippen LogP contribution in [0.3, 0.4) is 0 Å². The van der Waals surface area contributed by atoms with Crippen molar-refractivity contribution in [3.05, 3.63) is 35.4 Å². The van der Waals surface area contributed by atoms with Crippen LogP contribution in [-0.4, -0.2) is 42.4 Å². The van der Waals surface area contributed by atoms with Crippen molar-refractivity contribution in [2.45, 2.75) is 12.8 Å². The molecule has 142 valence electrons. The zero-order valence-electron chi connectivity index (χ0n) is 15.0. The van der Waals surface area contributed by atoms with Gasteiger partial charge in [-0.2, -0.15) is 0 Å². The lowest BCUT2D eigenvalue weighted by atomic mass is 10.0. The van der Waals surface area contributed by atoms with E-state index in [0.717, 1.165) is 5.56 Å². The zero-order valence-corrected chi connectivity index (χ0v) is 15.0. The van der Waals surface area contributed by atoms with E-state index in [9.17, 15) is 15.0 Å². The van der Waals surface area contributed by atoms with E-state index in [-0.39, 0.29) is 18.1 Å². The topological polar surface area (TPSA) is 109 Å². The molecule has 0 unspecified atom stereocenters. The molecule has 0 aliphatic heterocycles. The molecule has 7 nitrogen and oxygen atoms in total. The van der Waals surface area contributed by atoms with Crippen LogP contribution < -0.4 is 9.47 Å². The number of carbonyl (C=O) groups is 1. The molecular formula is C20H20O7. The van der Waals surface area contributed by atoms with E-state index in [1.54, 1.807) is 6.07 Å². The highest BCUT2D eigenvalue weighted by Crippen LogP contribution is 2.43. The summed E-state index contributed by atoms with van der Waals surface area (Å²) < 4.78 is 16.4. The Labute approximate surface area is 155 Å². The first-order chi connectivity index (χ1) is 13.0. The quantitative estimate of drug-likeness (QED) is 0.431. The Morgan fingerprint density at radius 3 is 2.44 bits per heavy atom. The number of phenolic OH excluding ortho intramolecular Hbond substituents is 2. The maximum atomic E-state index is 11.8. The minimum atomic E-state index is -0.395. The Kier molecular flexibility index (Phi) is 5.23. The number of aromatic hydroxyl groups is 2. The van der Waals surface area contributed by atoms with Crippen LogP contribution in [0.4, 0.5) is 0 Å². The number of ether oxygens (including phenoxy) is 2. The summed E-state index contributed by atoms with van der Waals surface area (Å²) in [4.78, 5) is 11.8. The summed E-state index contributed by atoms with van der Waals surface area (Å²) in [7, 11) is 2.86. The number of hydrogen-bond donors (Lipinski definition) is 3. The monoisotopic (exact) mass is 372 g/mol. The van der Waals surface area contributed by atoms with Crippen LogP contribution in [0, 0.1) is 0 Å². The largest absolute Gasteiger partial charge is 0.504 e. The van der Waals surface area contributed by atoms with E-state index in [2.05, 4.69) is 0 Å². The first-order valence-corrected chi connectivity index (χ1v) is 8.33. The number of rotatable bonds is 7. The van der Waals surface area contributed by atoms with Crippen molar-refractivity contribution in [1.29, 1.82) is 0 Å². The van der Waals surface area contributed by atoms with Crippen molar-refractivity contribution in [2.75, 3.05) is 20.8 Å². The standard InChI is InChI=1S/C20H20O7/c1-25-16-9-12(8-15(23)18(16)24)19-14(10-22)13-6-11(4-3-5-21)7-17(26-2)20(13)27-19/h6-10,21,23-24H,3-5H2,1-2H3. The molecule has 0 aliphatic rings. The fraction of sp³-hybridized carbons (Fsp3) is 0.250. The molecule has 0 saturated carbocycles. The summed E-state index contributed by atoms with van der Waals surface area (Å²) in [6.07, 6.45) is 1.88. The molecule has 3 aromatic rings. The second-order valence-corrected chi connectivity index (χ2v) is 6.01. The van der Waals surface area contributed by atoms with Gasteiger partial charge in [-0.15, -0.1) is 0 Å². The fourth-order valence-corrected chi connectivity index (χ4v) is 3.03. The molecule has 0 saturated heterocycles. The Hall–Kier alpha value is -3.19. The molecule has 3 N–H and O–H groups in total. The lowest BCUT2D eigenvalue weighted by Crippen LogP contribution is -1.92. The highest BCUT2D eigenvalue weighted by molar-refractivity contribution is 6.04. The van der Waals surface area contributed by atoms with Gasteiger partial charge in [0.05, 0.1) is 19.8 Å². The molecule has 0 aliphatic carbocycles. The van der Waals surface area contributed by atoms with E-state index in [1.165, 1.54) is 26.4 Å². The molecule has 0 spiro atoms. The molecule has 0 amide bonds. The van der Waals surface area contributed by atoms with Gasteiger partial charge in [0.25, 0.3) is 0 Å². The molecule has 3 rings (SSSR count). The molecule has 2 aromatic carbocycles. The number of benzene rings is 2. The predicted molar refractivity (Wildman–Crippen MR) is 98.9 cm³/mol. The van der Waals surface area contributed by atoms with E-state index < -0.39 is 11.5 Å². The fourth-order valence-electron chi connectivity index (χ4n) is 3.03. The number of hydrogen-bond acceptors (Lipinski definition) is 7. The number of methoxy groups -OCH3 is 2. The molecule has 27 heavy (non-hydrogen) atoms. The number of aliphatic hydroxyl groups is 1. The average Bonchev–Trinajstić information content (AvgIpc) is 3.06. The van der Waals surface area contributed by atoms with Gasteiger partial charge in [-0.1, -0.05) is 0 Å². The summed E-state index contributed by atoms with van der Waals surface area (Å²) >= 11 is 0. The Morgan fingerprint density at radius 1 is 1.07 bits per heavy atom. The predicted octanol–water partition coefficient (Wildman–Crippen LogP) is 3.27. The first-order valence-electron chi connectivity index (χ1n) is 8.33. The van der Waals surface area contributed by atoms with Crippen LogP contribution in [0.1, 0.15) is 22.3 Å². The third kappa shape index (κ3) is 3.29. The number of carbonyl (C=O) groups excluding carboxylic acids is 1. The van der Waals surface area contributed by atoms with Crippen molar-refractivity contribution in [3.63, 3.8) is 0 Å². The van der Waals surface area contributed by atoms with Crippen molar-refractivity contribution in [2.24, 2.45) is 0 Å². The van der Waals surface area contributed by atoms with Gasteiger partial charge < -0.3 is 29.2 Å². The maximum Gasteiger partial charge on any atom is 0.200 e. The summed E-state index contributed by atoms with van der Waals surface area (Å²) in [5.74, 6) is -0.0417. The molecule has 0 atom stereocenters. The van der Waals surface area contributed by atoms with Crippen molar-refractivity contribution in [3.8, 4) is 34.3 Å². The van der Waals surface area contributed by atoms with Crippen LogP contribution in [0.5, 0.6) is 23.0 Å². The second kappa shape index (κ2) is 7.59. The van der Waals surface area contributed by atoms with Gasteiger partial charge in [-0.25, -0.2) is 0 Å². The summed E-state index contributed by atoms with van der Waals surface area (Å²) in [6, 6.07) is 6.39. The normalized spacial score (nSPS) is 10.9. The maximum absolute atomic E-state index is 11.8. The van der Waals surface area contributed by atoms with Crippen LogP contribution in [0.2, 0.25) is 0 Å². The lowest BCUT2D eigenvalue weighted by Gasteiger charge is -2.07. The zero-order chi connectivity index (χ0) is 19.6. The Balaban J connectivity index is 2.25. The third-order valence-electron chi connectivity index (χ3n) is 4.35. The van der Waals surface area contributed by atoms with Gasteiger partial charge in [0.1, 0.15) is 5.76 Å². The lowest BCUT2D eigenvalue weighted by molar-refractivity contribution is 0.112. The summed E-state index contributed by atoms with van der Waals surface area (Å²) in [5, 5.41) is 29.4. The molecule has 7 heteroatoms. The SMILES string of the molecule is COc1cc(-c2oc3c(OC)cc(CCCO)cc3c2C=O)cc(O)c1O. The van der Waals surface area contributed by atoms with E-state index in [0.29, 0.717) is 47.0 Å². The molecule has 0 radical (unpaired) electrons. The number of fused-ring (bicyclic) bond motifs is 1. The molecular weight excluding hydrogens is 352 g/mol. The Bertz CT molecular complexity index is 988. The van der Waals surface area contributed by atoms with Crippen molar-refractivity contribution < 1.29 is 34.0 Å².